The van der Waals surface area contributed by atoms with Crippen LogP contribution in [0.5, 0.6) is 0 Å². The molecule has 3 amide bonds. The maximum atomic E-state index is 14.6. The van der Waals surface area contributed by atoms with Gasteiger partial charge in [-0.05, 0) is 49.2 Å². The summed E-state index contributed by atoms with van der Waals surface area (Å²) in [6.45, 7) is 1.64. The lowest BCUT2D eigenvalue weighted by Crippen LogP contribution is -2.32. The lowest BCUT2D eigenvalue weighted by Gasteiger charge is -2.24. The van der Waals surface area contributed by atoms with E-state index in [4.69, 9.17) is 0 Å². The minimum Gasteiger partial charge on any atom is -0.352 e. The van der Waals surface area contributed by atoms with Crippen LogP contribution in [0.25, 0.3) is 0 Å². The van der Waals surface area contributed by atoms with Gasteiger partial charge in [0.05, 0.1) is 38.4 Å². The van der Waals surface area contributed by atoms with Crippen molar-refractivity contribution in [1.29, 1.82) is 0 Å². The molecule has 0 saturated carbocycles. The molecule has 1 saturated heterocycles. The van der Waals surface area contributed by atoms with Gasteiger partial charge >= 0.3 is 0 Å². The molecule has 3 aromatic rings. The van der Waals surface area contributed by atoms with Gasteiger partial charge in [0.15, 0.2) is 0 Å². The second-order valence-electron chi connectivity index (χ2n) is 9.02. The number of fused-ring (bicyclic) bond motifs is 2. The molecule has 2 aliphatic heterocycles. The molecule has 5 rings (SSSR count). The number of carbonyl (C=O) groups is 3. The summed E-state index contributed by atoms with van der Waals surface area (Å²) in [5.74, 6) is -1.08. The second kappa shape index (κ2) is 10.6. The van der Waals surface area contributed by atoms with Gasteiger partial charge < -0.3 is 15.1 Å². The summed E-state index contributed by atoms with van der Waals surface area (Å²) >= 11 is 0. The molecule has 0 bridgehead atoms. The minimum atomic E-state index is -1.67. The van der Waals surface area contributed by atoms with Crippen molar-refractivity contribution in [2.45, 2.75) is 35.6 Å². The van der Waals surface area contributed by atoms with Crippen LogP contribution in [0.4, 0.5) is 10.1 Å². The Balaban J connectivity index is 1.43. The van der Waals surface area contributed by atoms with Gasteiger partial charge in [0.25, 0.3) is 11.8 Å². The average molecular weight is 520 g/mol. The van der Waals surface area contributed by atoms with Gasteiger partial charge in [0, 0.05) is 37.2 Å². The van der Waals surface area contributed by atoms with Crippen molar-refractivity contribution in [1.82, 2.24) is 10.2 Å². The van der Waals surface area contributed by atoms with Gasteiger partial charge in [-0.1, -0.05) is 30.3 Å². The lowest BCUT2D eigenvalue weighted by atomic mass is 10.1. The van der Waals surface area contributed by atoms with Crippen LogP contribution in [0.15, 0.2) is 76.5 Å². The number of hydrogen-bond donors (Lipinski definition) is 1. The van der Waals surface area contributed by atoms with Crippen molar-refractivity contribution in [3.63, 3.8) is 0 Å². The maximum absolute atomic E-state index is 14.6. The first-order valence-corrected chi connectivity index (χ1v) is 13.3. The Morgan fingerprint density at radius 1 is 1.00 bits per heavy atom. The number of rotatable bonds is 7. The van der Waals surface area contributed by atoms with Crippen LogP contribution in [0.1, 0.15) is 45.5 Å². The van der Waals surface area contributed by atoms with Gasteiger partial charge in [-0.3, -0.25) is 14.4 Å². The number of benzene rings is 3. The van der Waals surface area contributed by atoms with Gasteiger partial charge in [0.1, 0.15) is 5.82 Å². The number of nitrogens with zero attached hydrogens (tertiary/aromatic N) is 2. The standard InChI is InChI=1S/C28H26FN3O4S/c29-22-9-3-1-7-20(22)18-32-23-17-19(27(34)30-14-6-16-31-15-5-11-26(31)33)12-13-25(23)37(36)24-10-4-2-8-21(24)28(32)35/h1-4,7-10,12-13,17H,5-6,11,14-16,18H2,(H,30,34)/t37-/m1/s1. The van der Waals surface area contributed by atoms with E-state index in [9.17, 15) is 23.0 Å². The lowest BCUT2D eigenvalue weighted by molar-refractivity contribution is -0.127. The Morgan fingerprint density at radius 3 is 2.57 bits per heavy atom. The molecule has 9 heteroatoms. The molecule has 0 unspecified atom stereocenters. The van der Waals surface area contributed by atoms with Crippen molar-refractivity contribution >= 4 is 34.2 Å². The summed E-state index contributed by atoms with van der Waals surface area (Å²) in [5.41, 5.74) is 1.18. The van der Waals surface area contributed by atoms with Crippen LogP contribution < -0.4 is 10.2 Å². The summed E-state index contributed by atoms with van der Waals surface area (Å²) in [5, 5.41) is 2.86. The van der Waals surface area contributed by atoms with E-state index < -0.39 is 22.5 Å². The molecule has 0 radical (unpaired) electrons. The van der Waals surface area contributed by atoms with Crippen LogP contribution in [-0.4, -0.2) is 46.5 Å². The number of likely N-dealkylation sites (tertiary alicyclic amines) is 1. The van der Waals surface area contributed by atoms with Crippen LogP contribution in [-0.2, 0) is 22.1 Å². The smallest absolute Gasteiger partial charge is 0.259 e. The number of halogens is 1. The van der Waals surface area contributed by atoms with Crippen LogP contribution >= 0.6 is 0 Å². The summed E-state index contributed by atoms with van der Waals surface area (Å²) in [6.07, 6.45) is 2.07. The molecule has 1 fully saturated rings. The highest BCUT2D eigenvalue weighted by atomic mass is 32.2. The highest BCUT2D eigenvalue weighted by molar-refractivity contribution is 7.85. The van der Waals surface area contributed by atoms with E-state index in [1.54, 1.807) is 59.5 Å². The SMILES string of the molecule is O=C(NCCCN1CCCC1=O)c1ccc2c(c1)N(Cc1ccccc1F)C(=O)c1ccccc1[S@]2=O. The molecular weight excluding hydrogens is 493 g/mol. The Kier molecular flexibility index (Phi) is 7.14. The Bertz CT molecular complexity index is 1410. The first-order chi connectivity index (χ1) is 17.9. The Hall–Kier alpha value is -3.85. The summed E-state index contributed by atoms with van der Waals surface area (Å²) in [4.78, 5) is 42.3. The van der Waals surface area contributed by atoms with Crippen LogP contribution in [0, 0.1) is 5.82 Å². The molecule has 0 aliphatic carbocycles. The van der Waals surface area contributed by atoms with Crippen molar-refractivity contribution in [3.8, 4) is 0 Å². The zero-order chi connectivity index (χ0) is 25.9. The van der Waals surface area contributed by atoms with E-state index in [1.165, 1.54) is 17.0 Å². The second-order valence-corrected chi connectivity index (χ2v) is 10.4. The van der Waals surface area contributed by atoms with Crippen LogP contribution in [0.3, 0.4) is 0 Å². The van der Waals surface area contributed by atoms with E-state index in [2.05, 4.69) is 5.32 Å². The van der Waals surface area contributed by atoms with E-state index in [0.717, 1.165) is 13.0 Å². The quantitative estimate of drug-likeness (QED) is 0.480. The van der Waals surface area contributed by atoms with Crippen molar-refractivity contribution in [2.75, 3.05) is 24.5 Å². The van der Waals surface area contributed by atoms with Crippen LogP contribution in [0.2, 0.25) is 0 Å². The van der Waals surface area contributed by atoms with E-state index in [-0.39, 0.29) is 23.9 Å². The third-order valence-electron chi connectivity index (χ3n) is 6.62. The molecule has 3 aromatic carbocycles. The van der Waals surface area contributed by atoms with Gasteiger partial charge in [-0.25, -0.2) is 8.60 Å². The third kappa shape index (κ3) is 5.04. The molecule has 0 spiro atoms. The average Bonchev–Trinajstić information content (AvgIpc) is 3.30. The zero-order valence-corrected chi connectivity index (χ0v) is 20.9. The number of hydrogen-bond acceptors (Lipinski definition) is 4. The minimum absolute atomic E-state index is 0.0843. The van der Waals surface area contributed by atoms with Crippen molar-refractivity contribution < 1.29 is 23.0 Å². The molecule has 190 valence electrons. The predicted octanol–water partition coefficient (Wildman–Crippen LogP) is 3.90. The van der Waals surface area contributed by atoms with Crippen molar-refractivity contribution in [3.05, 3.63) is 89.2 Å². The fourth-order valence-electron chi connectivity index (χ4n) is 4.67. The highest BCUT2D eigenvalue weighted by Gasteiger charge is 2.32. The van der Waals surface area contributed by atoms with E-state index in [0.29, 0.717) is 52.5 Å². The zero-order valence-electron chi connectivity index (χ0n) is 20.1. The molecular formula is C28H26FN3O4S. The number of carbonyl (C=O) groups excluding carboxylic acids is 3. The molecule has 1 atom stereocenters. The molecule has 2 aliphatic rings. The monoisotopic (exact) mass is 519 g/mol. The first kappa shape index (κ1) is 24.8. The fraction of sp³-hybridized carbons (Fsp3) is 0.250. The van der Waals surface area contributed by atoms with Gasteiger partial charge in [0.2, 0.25) is 5.91 Å². The molecule has 7 nitrogen and oxygen atoms in total. The predicted molar refractivity (Wildman–Crippen MR) is 137 cm³/mol. The van der Waals surface area contributed by atoms with E-state index >= 15 is 0 Å². The summed E-state index contributed by atoms with van der Waals surface area (Å²) < 4.78 is 28.1. The third-order valence-corrected chi connectivity index (χ3v) is 8.12. The van der Waals surface area contributed by atoms with Gasteiger partial charge in [-0.2, -0.15) is 0 Å². The summed E-state index contributed by atoms with van der Waals surface area (Å²) in [7, 11) is -1.67. The highest BCUT2D eigenvalue weighted by Crippen LogP contribution is 2.36. The Labute approximate surface area is 216 Å². The summed E-state index contributed by atoms with van der Waals surface area (Å²) in [6, 6.07) is 17.5. The number of nitrogens with one attached hydrogen (secondary N) is 1. The number of anilines is 1. The molecule has 37 heavy (non-hydrogen) atoms. The topological polar surface area (TPSA) is 86.8 Å². The molecule has 0 aromatic heterocycles. The largest absolute Gasteiger partial charge is 0.352 e. The van der Waals surface area contributed by atoms with Gasteiger partial charge in [-0.15, -0.1) is 0 Å². The Morgan fingerprint density at radius 2 is 1.78 bits per heavy atom. The van der Waals surface area contributed by atoms with Crippen molar-refractivity contribution in [2.24, 2.45) is 0 Å². The fourth-order valence-corrected chi connectivity index (χ4v) is 6.02. The normalized spacial score (nSPS) is 16.8. The molecule has 1 N–H and O–H groups in total. The maximum Gasteiger partial charge on any atom is 0.259 e. The first-order valence-electron chi connectivity index (χ1n) is 12.2. The van der Waals surface area contributed by atoms with E-state index in [1.807, 2.05) is 0 Å². The number of amides is 3. The molecule has 2 heterocycles.